The summed E-state index contributed by atoms with van der Waals surface area (Å²) in [5.41, 5.74) is 0.988. The fourth-order valence-corrected chi connectivity index (χ4v) is 2.49. The Hall–Kier alpha value is -2.38. The lowest BCUT2D eigenvalue weighted by molar-refractivity contribution is 0.154. The van der Waals surface area contributed by atoms with Crippen molar-refractivity contribution in [3.05, 3.63) is 41.9 Å². The number of nitrogens with one attached hydrogen (secondary N) is 1. The molecular weight excluding hydrogens is 345 g/mol. The number of hydrogen-bond donors (Lipinski definition) is 1. The van der Waals surface area contributed by atoms with Gasteiger partial charge in [-0.25, -0.2) is 9.37 Å². The number of piperidine rings is 1. The predicted molar refractivity (Wildman–Crippen MR) is 109 cm³/mol. The van der Waals surface area contributed by atoms with E-state index in [1.807, 2.05) is 19.2 Å². The number of likely N-dealkylation sites (N-methyl/N-ethyl adjacent to an activating group) is 1. The van der Waals surface area contributed by atoms with E-state index in [2.05, 4.69) is 44.9 Å². The number of pyridine rings is 1. The highest BCUT2D eigenvalue weighted by atomic mass is 19.1. The van der Waals surface area contributed by atoms with Gasteiger partial charge in [0.05, 0.1) is 19.1 Å². The summed E-state index contributed by atoms with van der Waals surface area (Å²) in [6, 6.07) is 4.01. The number of aromatic nitrogens is 1. The Kier molecular flexibility index (Phi) is 8.80. The van der Waals surface area contributed by atoms with Crippen molar-refractivity contribution >= 4 is 19.0 Å². The third-order valence-corrected chi connectivity index (χ3v) is 4.25. The van der Waals surface area contributed by atoms with E-state index in [0.29, 0.717) is 37.2 Å². The highest BCUT2D eigenvalue weighted by molar-refractivity contribution is 5.76. The Balaban J connectivity index is 1.89. The quantitative estimate of drug-likeness (QED) is 0.534. The van der Waals surface area contributed by atoms with Crippen LogP contribution < -0.4 is 10.1 Å². The Morgan fingerprint density at radius 1 is 1.48 bits per heavy atom. The molecular formula is C20H28FN5O. The van der Waals surface area contributed by atoms with Crippen molar-refractivity contribution in [2.24, 2.45) is 9.98 Å². The zero-order chi connectivity index (χ0) is 19.5. The molecule has 1 atom stereocenters. The molecule has 1 N–H and O–H groups in total. The fourth-order valence-electron chi connectivity index (χ4n) is 2.49. The number of aliphatic imine (C=N–C) groups is 2. The zero-order valence-corrected chi connectivity index (χ0v) is 16.0. The van der Waals surface area contributed by atoms with Gasteiger partial charge in [-0.2, -0.15) is 0 Å². The van der Waals surface area contributed by atoms with Gasteiger partial charge >= 0.3 is 0 Å². The number of rotatable bonds is 9. The largest absolute Gasteiger partial charge is 0.436 e. The first-order valence-electron chi connectivity index (χ1n) is 9.12. The molecule has 0 aromatic carbocycles. The minimum atomic E-state index is -0.681. The van der Waals surface area contributed by atoms with Crippen molar-refractivity contribution < 1.29 is 9.13 Å². The Bertz CT molecular complexity index is 663. The number of nitrogens with zero attached hydrogens (tertiary/aromatic N) is 4. The maximum Gasteiger partial charge on any atom is 0.219 e. The molecule has 6 nitrogen and oxygen atoms in total. The minimum absolute atomic E-state index is 0.293. The molecule has 0 aliphatic carbocycles. The first-order valence-corrected chi connectivity index (χ1v) is 9.12. The van der Waals surface area contributed by atoms with Crippen molar-refractivity contribution in [1.29, 1.82) is 0 Å². The molecule has 1 aliphatic heterocycles. The highest BCUT2D eigenvalue weighted by Gasteiger charge is 2.17. The summed E-state index contributed by atoms with van der Waals surface area (Å²) in [4.78, 5) is 14.5. The van der Waals surface area contributed by atoms with Crippen molar-refractivity contribution in [3.63, 3.8) is 0 Å². The van der Waals surface area contributed by atoms with E-state index in [0.717, 1.165) is 18.7 Å². The molecule has 1 fully saturated rings. The lowest BCUT2D eigenvalue weighted by atomic mass is 10.1. The molecule has 0 amide bonds. The number of ether oxygens (including phenoxy) is 1. The molecule has 0 radical (unpaired) electrons. The number of halogens is 1. The van der Waals surface area contributed by atoms with E-state index in [-0.39, 0.29) is 0 Å². The van der Waals surface area contributed by atoms with Crippen LogP contribution in [0.3, 0.4) is 0 Å². The predicted octanol–water partition coefficient (Wildman–Crippen LogP) is 3.09. The lowest BCUT2D eigenvalue weighted by Crippen LogP contribution is -2.34. The topological polar surface area (TPSA) is 62.1 Å². The standard InChI is InChI=1S/C20H28FN5O/c1-16(23-3)4-5-17-6-7-20(25-12-17)27-19(13-22-2)14-24-15-26-10-8-18(21)9-11-26/h4-7,12-14,16,18,23H,2,8-11,15H2,1,3H3/b5-4+,19-13+,24-14-/t16-/m0/s1. The van der Waals surface area contributed by atoms with Crippen LogP contribution in [0, 0.1) is 0 Å². The lowest BCUT2D eigenvalue weighted by Gasteiger charge is -2.26. The van der Waals surface area contributed by atoms with Gasteiger partial charge in [-0.05, 0) is 45.2 Å². The van der Waals surface area contributed by atoms with Crippen LogP contribution in [0.4, 0.5) is 4.39 Å². The normalized spacial score (nSPS) is 18.3. The van der Waals surface area contributed by atoms with Crippen LogP contribution in [0.5, 0.6) is 5.88 Å². The highest BCUT2D eigenvalue weighted by Crippen LogP contribution is 2.14. The van der Waals surface area contributed by atoms with Crippen molar-refractivity contribution in [1.82, 2.24) is 15.2 Å². The second kappa shape index (κ2) is 11.4. The molecule has 0 saturated carbocycles. The van der Waals surface area contributed by atoms with Crippen LogP contribution in [0.1, 0.15) is 25.3 Å². The SMILES string of the molecule is C=N/C=C(\C=N/CN1CCC(F)CC1)Oc1ccc(/C=C/[C@H](C)NC)cn1. The van der Waals surface area contributed by atoms with Gasteiger partial charge in [0.2, 0.25) is 5.88 Å². The van der Waals surface area contributed by atoms with Gasteiger partial charge in [-0.15, -0.1) is 0 Å². The first kappa shape index (κ1) is 20.9. The Morgan fingerprint density at radius 2 is 2.26 bits per heavy atom. The van der Waals surface area contributed by atoms with Gasteiger partial charge in [-0.1, -0.05) is 12.2 Å². The summed E-state index contributed by atoms with van der Waals surface area (Å²) in [7, 11) is 1.91. The van der Waals surface area contributed by atoms with E-state index >= 15 is 0 Å². The third kappa shape index (κ3) is 7.80. The van der Waals surface area contributed by atoms with Gasteiger partial charge in [-0.3, -0.25) is 14.9 Å². The van der Waals surface area contributed by atoms with E-state index in [4.69, 9.17) is 4.74 Å². The van der Waals surface area contributed by atoms with Gasteiger partial charge in [0, 0.05) is 31.4 Å². The van der Waals surface area contributed by atoms with Gasteiger partial charge < -0.3 is 10.1 Å². The van der Waals surface area contributed by atoms with Crippen LogP contribution in [-0.2, 0) is 0 Å². The van der Waals surface area contributed by atoms with Crippen molar-refractivity contribution in [2.75, 3.05) is 26.8 Å². The molecule has 1 saturated heterocycles. The number of allylic oxidation sites excluding steroid dienone is 1. The molecule has 0 unspecified atom stereocenters. The number of likely N-dealkylation sites (tertiary alicyclic amines) is 1. The van der Waals surface area contributed by atoms with E-state index < -0.39 is 6.17 Å². The second-order valence-electron chi connectivity index (χ2n) is 6.43. The van der Waals surface area contributed by atoms with Crippen LogP contribution in [0.25, 0.3) is 6.08 Å². The van der Waals surface area contributed by atoms with Crippen molar-refractivity contribution in [3.8, 4) is 5.88 Å². The average molecular weight is 373 g/mol. The Morgan fingerprint density at radius 3 is 2.89 bits per heavy atom. The summed E-state index contributed by atoms with van der Waals surface area (Å²) >= 11 is 0. The molecule has 1 aliphatic rings. The molecule has 0 bridgehead atoms. The molecule has 0 spiro atoms. The molecule has 2 rings (SSSR count). The zero-order valence-electron chi connectivity index (χ0n) is 16.0. The van der Waals surface area contributed by atoms with Crippen LogP contribution >= 0.6 is 0 Å². The Labute approximate surface area is 160 Å². The molecule has 27 heavy (non-hydrogen) atoms. The maximum absolute atomic E-state index is 13.2. The minimum Gasteiger partial charge on any atom is -0.436 e. The second-order valence-corrected chi connectivity index (χ2v) is 6.43. The van der Waals surface area contributed by atoms with E-state index in [1.54, 1.807) is 18.5 Å². The van der Waals surface area contributed by atoms with Crippen LogP contribution in [-0.4, -0.2) is 61.8 Å². The summed E-state index contributed by atoms with van der Waals surface area (Å²) in [6.45, 7) is 7.48. The van der Waals surface area contributed by atoms with Gasteiger partial charge in [0.1, 0.15) is 6.17 Å². The van der Waals surface area contributed by atoms with E-state index in [1.165, 1.54) is 6.20 Å². The first-order chi connectivity index (χ1) is 13.1. The van der Waals surface area contributed by atoms with E-state index in [9.17, 15) is 4.39 Å². The smallest absolute Gasteiger partial charge is 0.219 e. The molecule has 1 aromatic heterocycles. The van der Waals surface area contributed by atoms with Gasteiger partial charge in [0.15, 0.2) is 5.76 Å². The third-order valence-electron chi connectivity index (χ3n) is 4.25. The average Bonchev–Trinajstić information content (AvgIpc) is 2.69. The summed E-state index contributed by atoms with van der Waals surface area (Å²) in [5.74, 6) is 0.901. The summed E-state index contributed by atoms with van der Waals surface area (Å²) < 4.78 is 18.9. The summed E-state index contributed by atoms with van der Waals surface area (Å²) in [6.07, 6.45) is 9.35. The van der Waals surface area contributed by atoms with Crippen LogP contribution in [0.15, 0.2) is 46.3 Å². The van der Waals surface area contributed by atoms with Crippen LogP contribution in [0.2, 0.25) is 0 Å². The molecule has 1 aromatic rings. The number of hydrogen-bond acceptors (Lipinski definition) is 6. The maximum atomic E-state index is 13.2. The molecule has 7 heteroatoms. The van der Waals surface area contributed by atoms with Crippen molar-refractivity contribution in [2.45, 2.75) is 32.0 Å². The fraction of sp³-hybridized carbons (Fsp3) is 0.450. The van der Waals surface area contributed by atoms with Gasteiger partial charge in [0.25, 0.3) is 0 Å². The molecule has 146 valence electrons. The molecule has 2 heterocycles. The number of alkyl halides is 1. The monoisotopic (exact) mass is 373 g/mol. The summed E-state index contributed by atoms with van der Waals surface area (Å²) in [5, 5.41) is 3.14.